The molecule has 1 aromatic carbocycles. The number of benzene rings is 1. The number of thiophene rings is 1. The van der Waals surface area contributed by atoms with Crippen molar-refractivity contribution in [3.05, 3.63) is 102 Å². The predicted molar refractivity (Wildman–Crippen MR) is 154 cm³/mol. The van der Waals surface area contributed by atoms with Crippen LogP contribution in [-0.4, -0.2) is 36.0 Å². The van der Waals surface area contributed by atoms with Gasteiger partial charge in [0.05, 0.1) is 35.7 Å². The van der Waals surface area contributed by atoms with Gasteiger partial charge in [0.2, 0.25) is 5.91 Å². The van der Waals surface area contributed by atoms with Crippen LogP contribution in [0.1, 0.15) is 5.56 Å². The number of halogens is 1. The van der Waals surface area contributed by atoms with Gasteiger partial charge >= 0.3 is 0 Å². The van der Waals surface area contributed by atoms with E-state index in [1.165, 1.54) is 6.07 Å². The van der Waals surface area contributed by atoms with Gasteiger partial charge in [0.1, 0.15) is 5.69 Å². The number of H-pyrrole nitrogens is 2. The number of hydrogen-bond acceptors (Lipinski definition) is 6. The van der Waals surface area contributed by atoms with Crippen LogP contribution in [0.3, 0.4) is 0 Å². The standard InChI is InChI=1S/C30H20FN7OS/c31-27-7-6-26(40-27)23-15-33-16-25-21(23)11-24(36-25)29-22-10-19(13-34-30(22)38-37-29)18-9-20(14-32-12-18)35-28(39)8-17-4-2-1-3-5-17/h1-7,9-16,36H,8H2,(H,35,39)(H,34,37,38). The highest BCUT2D eigenvalue weighted by Gasteiger charge is 2.16. The second-order valence-corrected chi connectivity index (χ2v) is 10.3. The topological polar surface area (TPSA) is 112 Å². The van der Waals surface area contributed by atoms with Crippen molar-refractivity contribution >= 4 is 44.9 Å². The molecule has 1 amide bonds. The molecule has 10 heteroatoms. The SMILES string of the molecule is O=C(Cc1ccccc1)Nc1cncc(-c2cnc3[nH]nc(-c4cc5c(-c6ccc(F)s6)cncc5[nH]4)c3c2)c1. The first-order valence-corrected chi connectivity index (χ1v) is 13.3. The van der Waals surface area contributed by atoms with Gasteiger partial charge in [-0.05, 0) is 35.9 Å². The first-order chi connectivity index (χ1) is 19.6. The Kier molecular flexibility index (Phi) is 5.86. The van der Waals surface area contributed by atoms with Crippen LogP contribution >= 0.6 is 11.3 Å². The smallest absolute Gasteiger partial charge is 0.228 e. The molecule has 0 aliphatic rings. The molecule has 0 atom stereocenters. The van der Waals surface area contributed by atoms with Crippen molar-refractivity contribution in [2.45, 2.75) is 6.42 Å². The summed E-state index contributed by atoms with van der Waals surface area (Å²) in [4.78, 5) is 30.0. The van der Waals surface area contributed by atoms with Crippen molar-refractivity contribution < 1.29 is 9.18 Å². The molecule has 194 valence electrons. The number of aromatic nitrogens is 6. The van der Waals surface area contributed by atoms with Gasteiger partial charge in [0, 0.05) is 50.9 Å². The summed E-state index contributed by atoms with van der Waals surface area (Å²) in [6, 6.07) is 18.7. The quantitative estimate of drug-likeness (QED) is 0.218. The number of rotatable bonds is 6. The maximum Gasteiger partial charge on any atom is 0.228 e. The summed E-state index contributed by atoms with van der Waals surface area (Å²) in [5.41, 5.74) is 6.97. The first kappa shape index (κ1) is 23.9. The van der Waals surface area contributed by atoms with Crippen molar-refractivity contribution in [1.29, 1.82) is 0 Å². The van der Waals surface area contributed by atoms with Gasteiger partial charge in [-0.3, -0.25) is 19.9 Å². The number of anilines is 1. The lowest BCUT2D eigenvalue weighted by molar-refractivity contribution is -0.115. The van der Waals surface area contributed by atoms with E-state index in [-0.39, 0.29) is 17.5 Å². The summed E-state index contributed by atoms with van der Waals surface area (Å²) < 4.78 is 13.7. The zero-order valence-corrected chi connectivity index (χ0v) is 21.7. The molecule has 3 N–H and O–H groups in total. The lowest BCUT2D eigenvalue weighted by Crippen LogP contribution is -2.14. The van der Waals surface area contributed by atoms with Crippen LogP contribution in [0.5, 0.6) is 0 Å². The molecule has 7 aromatic rings. The van der Waals surface area contributed by atoms with Crippen LogP contribution in [-0.2, 0) is 11.2 Å². The Morgan fingerprint density at radius 1 is 0.900 bits per heavy atom. The molecule has 0 fully saturated rings. The summed E-state index contributed by atoms with van der Waals surface area (Å²) >= 11 is 1.08. The van der Waals surface area contributed by atoms with Gasteiger partial charge < -0.3 is 10.3 Å². The van der Waals surface area contributed by atoms with Gasteiger partial charge in [0.15, 0.2) is 10.8 Å². The monoisotopic (exact) mass is 545 g/mol. The van der Waals surface area contributed by atoms with Crippen LogP contribution in [0.15, 0.2) is 91.6 Å². The number of carbonyl (C=O) groups is 1. The molecule has 6 heterocycles. The summed E-state index contributed by atoms with van der Waals surface area (Å²) in [5, 5.41) is 12.0. The van der Waals surface area contributed by atoms with E-state index in [0.717, 1.165) is 60.5 Å². The fourth-order valence-corrected chi connectivity index (χ4v) is 5.51. The Labute approximate surface area is 231 Å². The third-order valence-corrected chi connectivity index (χ3v) is 7.53. The first-order valence-electron chi connectivity index (χ1n) is 12.5. The molecule has 0 bridgehead atoms. The zero-order chi connectivity index (χ0) is 27.1. The Hall–Kier alpha value is -5.22. The van der Waals surface area contributed by atoms with Gasteiger partial charge in [-0.25, -0.2) is 4.98 Å². The van der Waals surface area contributed by atoms with Crippen LogP contribution in [0.25, 0.3) is 54.9 Å². The molecule has 7 rings (SSSR count). The number of nitrogens with zero attached hydrogens (tertiary/aromatic N) is 4. The van der Waals surface area contributed by atoms with E-state index in [1.807, 2.05) is 48.5 Å². The third kappa shape index (κ3) is 4.50. The van der Waals surface area contributed by atoms with Crippen molar-refractivity contribution in [3.63, 3.8) is 0 Å². The molecule has 0 spiro atoms. The maximum atomic E-state index is 13.7. The van der Waals surface area contributed by atoms with Crippen LogP contribution in [0.2, 0.25) is 0 Å². The Balaban J connectivity index is 1.21. The molecule has 8 nitrogen and oxygen atoms in total. The summed E-state index contributed by atoms with van der Waals surface area (Å²) in [5.74, 6) is -0.117. The number of pyridine rings is 3. The largest absolute Gasteiger partial charge is 0.352 e. The normalized spacial score (nSPS) is 11.3. The fourth-order valence-electron chi connectivity index (χ4n) is 4.75. The molecular weight excluding hydrogens is 525 g/mol. The number of fused-ring (bicyclic) bond motifs is 2. The van der Waals surface area contributed by atoms with Gasteiger partial charge in [0.25, 0.3) is 0 Å². The number of carbonyl (C=O) groups excluding carboxylic acids is 1. The molecule has 0 saturated carbocycles. The molecule has 0 saturated heterocycles. The average Bonchev–Trinajstić information content (AvgIpc) is 3.71. The summed E-state index contributed by atoms with van der Waals surface area (Å²) in [6.07, 6.45) is 8.86. The van der Waals surface area contributed by atoms with Crippen molar-refractivity contribution in [2.24, 2.45) is 0 Å². The molecule has 6 aromatic heterocycles. The number of nitrogens with one attached hydrogen (secondary N) is 3. The zero-order valence-electron chi connectivity index (χ0n) is 20.9. The number of amides is 1. The Morgan fingerprint density at radius 2 is 1.75 bits per heavy atom. The van der Waals surface area contributed by atoms with E-state index in [1.54, 1.807) is 37.1 Å². The van der Waals surface area contributed by atoms with Crippen molar-refractivity contribution in [2.75, 3.05) is 5.32 Å². The van der Waals surface area contributed by atoms with Crippen molar-refractivity contribution in [1.82, 2.24) is 30.1 Å². The molecular formula is C30H20FN7OS. The Bertz CT molecular complexity index is 2010. The van der Waals surface area contributed by atoms with E-state index in [4.69, 9.17) is 0 Å². The summed E-state index contributed by atoms with van der Waals surface area (Å²) in [7, 11) is 0. The fraction of sp³-hybridized carbons (Fsp3) is 0.0333. The predicted octanol–water partition coefficient (Wildman–Crippen LogP) is 6.61. The van der Waals surface area contributed by atoms with E-state index >= 15 is 0 Å². The lowest BCUT2D eigenvalue weighted by Gasteiger charge is -2.07. The highest BCUT2D eigenvalue weighted by atomic mass is 32.1. The van der Waals surface area contributed by atoms with Gasteiger partial charge in [-0.15, -0.1) is 11.3 Å². The van der Waals surface area contributed by atoms with E-state index < -0.39 is 0 Å². The highest BCUT2D eigenvalue weighted by molar-refractivity contribution is 7.14. The minimum Gasteiger partial charge on any atom is -0.352 e. The lowest BCUT2D eigenvalue weighted by atomic mass is 10.1. The molecule has 0 radical (unpaired) electrons. The number of hydrogen-bond donors (Lipinski definition) is 3. The van der Waals surface area contributed by atoms with E-state index in [9.17, 15) is 9.18 Å². The second kappa shape index (κ2) is 9.83. The maximum absolute atomic E-state index is 13.7. The third-order valence-electron chi connectivity index (χ3n) is 6.62. The Morgan fingerprint density at radius 3 is 2.60 bits per heavy atom. The van der Waals surface area contributed by atoms with Crippen molar-refractivity contribution in [3.8, 4) is 33.0 Å². The highest BCUT2D eigenvalue weighted by Crippen LogP contribution is 2.36. The second-order valence-electron chi connectivity index (χ2n) is 9.30. The number of aromatic amines is 2. The van der Waals surface area contributed by atoms with E-state index in [0.29, 0.717) is 17.0 Å². The molecule has 0 aliphatic heterocycles. The summed E-state index contributed by atoms with van der Waals surface area (Å²) in [6.45, 7) is 0. The van der Waals surface area contributed by atoms with E-state index in [2.05, 4.69) is 35.5 Å². The van der Waals surface area contributed by atoms with Crippen LogP contribution in [0, 0.1) is 5.13 Å². The minimum absolute atomic E-state index is 0.117. The van der Waals surface area contributed by atoms with Crippen LogP contribution < -0.4 is 5.32 Å². The molecule has 40 heavy (non-hydrogen) atoms. The van der Waals surface area contributed by atoms with Gasteiger partial charge in [-0.1, -0.05) is 30.3 Å². The van der Waals surface area contributed by atoms with Gasteiger partial charge in [-0.2, -0.15) is 9.49 Å². The minimum atomic E-state index is -0.242. The molecule has 0 aliphatic carbocycles. The molecule has 0 unspecified atom stereocenters. The van der Waals surface area contributed by atoms with Crippen LogP contribution in [0.4, 0.5) is 10.1 Å². The average molecular weight is 546 g/mol.